The lowest BCUT2D eigenvalue weighted by atomic mass is 10.2. The lowest BCUT2D eigenvalue weighted by Gasteiger charge is -2.23. The standard InChI is InChI=1S/C9H18O3/c1-8(10-2)7-12-9-5-3-4-6-11-9/h8-9H,3-7H2,1-2H3. The molecule has 2 unspecified atom stereocenters. The quantitative estimate of drug-likeness (QED) is 0.647. The predicted octanol–water partition coefficient (Wildman–Crippen LogP) is 1.56. The Balaban J connectivity index is 2.05. The Morgan fingerprint density at radius 1 is 1.50 bits per heavy atom. The van der Waals surface area contributed by atoms with Crippen LogP contribution < -0.4 is 0 Å². The molecule has 0 aromatic rings. The second kappa shape index (κ2) is 5.51. The van der Waals surface area contributed by atoms with Gasteiger partial charge in [-0.1, -0.05) is 0 Å². The molecule has 0 radical (unpaired) electrons. The van der Waals surface area contributed by atoms with Crippen LogP contribution in [-0.4, -0.2) is 32.7 Å². The van der Waals surface area contributed by atoms with E-state index in [1.54, 1.807) is 7.11 Å². The van der Waals surface area contributed by atoms with E-state index >= 15 is 0 Å². The molecule has 0 bridgehead atoms. The van der Waals surface area contributed by atoms with Gasteiger partial charge in [0.05, 0.1) is 12.7 Å². The van der Waals surface area contributed by atoms with Crippen LogP contribution in [0.3, 0.4) is 0 Å². The topological polar surface area (TPSA) is 27.7 Å². The molecule has 1 aliphatic heterocycles. The molecule has 1 fully saturated rings. The first kappa shape index (κ1) is 9.96. The average molecular weight is 174 g/mol. The second-order valence-electron chi connectivity index (χ2n) is 3.18. The Hall–Kier alpha value is -0.120. The molecule has 1 rings (SSSR count). The maximum absolute atomic E-state index is 5.49. The average Bonchev–Trinajstić information content (AvgIpc) is 2.16. The van der Waals surface area contributed by atoms with Gasteiger partial charge >= 0.3 is 0 Å². The smallest absolute Gasteiger partial charge is 0.157 e. The minimum absolute atomic E-state index is 0.0105. The summed E-state index contributed by atoms with van der Waals surface area (Å²) < 4.78 is 15.9. The summed E-state index contributed by atoms with van der Waals surface area (Å²) in [4.78, 5) is 0. The maximum Gasteiger partial charge on any atom is 0.157 e. The second-order valence-corrected chi connectivity index (χ2v) is 3.18. The van der Waals surface area contributed by atoms with E-state index in [4.69, 9.17) is 14.2 Å². The van der Waals surface area contributed by atoms with Gasteiger partial charge in [0.25, 0.3) is 0 Å². The molecule has 0 amide bonds. The van der Waals surface area contributed by atoms with Crippen molar-refractivity contribution in [3.63, 3.8) is 0 Å². The fourth-order valence-corrected chi connectivity index (χ4v) is 1.15. The van der Waals surface area contributed by atoms with Crippen LogP contribution in [0.5, 0.6) is 0 Å². The summed E-state index contributed by atoms with van der Waals surface area (Å²) in [6.07, 6.45) is 3.58. The third kappa shape index (κ3) is 3.52. The predicted molar refractivity (Wildman–Crippen MR) is 46.0 cm³/mol. The zero-order chi connectivity index (χ0) is 8.81. The molecule has 12 heavy (non-hydrogen) atoms. The molecule has 2 atom stereocenters. The highest BCUT2D eigenvalue weighted by Crippen LogP contribution is 2.13. The van der Waals surface area contributed by atoms with Crippen LogP contribution in [0.4, 0.5) is 0 Å². The van der Waals surface area contributed by atoms with E-state index in [2.05, 4.69) is 0 Å². The molecule has 3 nitrogen and oxygen atoms in total. The number of hydrogen-bond donors (Lipinski definition) is 0. The molecule has 0 N–H and O–H groups in total. The van der Waals surface area contributed by atoms with Gasteiger partial charge < -0.3 is 14.2 Å². The first-order chi connectivity index (χ1) is 5.83. The zero-order valence-electron chi connectivity index (χ0n) is 7.91. The fraction of sp³-hybridized carbons (Fsp3) is 1.00. The summed E-state index contributed by atoms with van der Waals surface area (Å²) >= 11 is 0. The number of ether oxygens (including phenoxy) is 3. The molecule has 1 saturated heterocycles. The van der Waals surface area contributed by atoms with Crippen molar-refractivity contribution in [2.45, 2.75) is 38.6 Å². The Labute approximate surface area is 74.0 Å². The van der Waals surface area contributed by atoms with Crippen molar-refractivity contribution in [2.75, 3.05) is 20.3 Å². The van der Waals surface area contributed by atoms with Crippen LogP contribution in [0.15, 0.2) is 0 Å². The summed E-state index contributed by atoms with van der Waals surface area (Å²) in [5.74, 6) is 0. The Morgan fingerprint density at radius 2 is 2.33 bits per heavy atom. The number of rotatable bonds is 4. The Bertz CT molecular complexity index is 110. The largest absolute Gasteiger partial charge is 0.379 e. The van der Waals surface area contributed by atoms with Gasteiger partial charge in [-0.05, 0) is 26.2 Å². The zero-order valence-corrected chi connectivity index (χ0v) is 7.91. The van der Waals surface area contributed by atoms with E-state index < -0.39 is 0 Å². The van der Waals surface area contributed by atoms with Crippen molar-refractivity contribution in [3.8, 4) is 0 Å². The number of hydrogen-bond acceptors (Lipinski definition) is 3. The van der Waals surface area contributed by atoms with Crippen molar-refractivity contribution in [2.24, 2.45) is 0 Å². The van der Waals surface area contributed by atoms with Gasteiger partial charge in [-0.25, -0.2) is 0 Å². The van der Waals surface area contributed by atoms with Crippen molar-refractivity contribution in [1.82, 2.24) is 0 Å². The van der Waals surface area contributed by atoms with Crippen LogP contribution in [0.2, 0.25) is 0 Å². The van der Waals surface area contributed by atoms with Gasteiger partial charge in [0.15, 0.2) is 6.29 Å². The summed E-state index contributed by atoms with van der Waals surface area (Å²) in [5, 5.41) is 0. The molecular weight excluding hydrogens is 156 g/mol. The Kier molecular flexibility index (Phi) is 4.58. The van der Waals surface area contributed by atoms with Crippen molar-refractivity contribution in [3.05, 3.63) is 0 Å². The lowest BCUT2D eigenvalue weighted by molar-refractivity contribution is -0.175. The van der Waals surface area contributed by atoms with Crippen molar-refractivity contribution >= 4 is 0 Å². The number of methoxy groups -OCH3 is 1. The molecule has 0 aromatic carbocycles. The van der Waals surface area contributed by atoms with Crippen molar-refractivity contribution < 1.29 is 14.2 Å². The van der Waals surface area contributed by atoms with Crippen LogP contribution in [-0.2, 0) is 14.2 Å². The minimum Gasteiger partial charge on any atom is -0.379 e. The van der Waals surface area contributed by atoms with E-state index in [1.807, 2.05) is 6.92 Å². The molecule has 0 aliphatic carbocycles. The Morgan fingerprint density at radius 3 is 2.92 bits per heavy atom. The summed E-state index contributed by atoms with van der Waals surface area (Å²) in [6, 6.07) is 0. The van der Waals surface area contributed by atoms with E-state index in [0.29, 0.717) is 6.61 Å². The van der Waals surface area contributed by atoms with Gasteiger partial charge in [-0.2, -0.15) is 0 Å². The first-order valence-corrected chi connectivity index (χ1v) is 4.59. The van der Waals surface area contributed by atoms with Gasteiger partial charge in [-0.3, -0.25) is 0 Å². The van der Waals surface area contributed by atoms with Gasteiger partial charge in [-0.15, -0.1) is 0 Å². The van der Waals surface area contributed by atoms with Crippen LogP contribution in [0.1, 0.15) is 26.2 Å². The molecular formula is C9H18O3. The molecule has 72 valence electrons. The molecule has 3 heteroatoms. The lowest BCUT2D eigenvalue weighted by Crippen LogP contribution is -2.26. The molecule has 0 aromatic heterocycles. The molecule has 0 spiro atoms. The van der Waals surface area contributed by atoms with Crippen LogP contribution in [0.25, 0.3) is 0 Å². The molecule has 1 aliphatic rings. The van der Waals surface area contributed by atoms with E-state index in [9.17, 15) is 0 Å². The third-order valence-electron chi connectivity index (χ3n) is 2.06. The monoisotopic (exact) mass is 174 g/mol. The SMILES string of the molecule is COC(C)COC1CCCCO1. The maximum atomic E-state index is 5.49. The highest BCUT2D eigenvalue weighted by molar-refractivity contribution is 4.55. The van der Waals surface area contributed by atoms with Crippen LogP contribution in [0, 0.1) is 0 Å². The van der Waals surface area contributed by atoms with E-state index in [0.717, 1.165) is 13.0 Å². The summed E-state index contributed by atoms with van der Waals surface area (Å²) in [7, 11) is 1.69. The molecule has 0 saturated carbocycles. The normalized spacial score (nSPS) is 27.0. The van der Waals surface area contributed by atoms with E-state index in [1.165, 1.54) is 12.8 Å². The minimum atomic E-state index is 0.0105. The van der Waals surface area contributed by atoms with E-state index in [-0.39, 0.29) is 12.4 Å². The molecule has 1 heterocycles. The van der Waals surface area contributed by atoms with Gasteiger partial charge in [0.2, 0.25) is 0 Å². The highest BCUT2D eigenvalue weighted by Gasteiger charge is 2.14. The third-order valence-corrected chi connectivity index (χ3v) is 2.06. The summed E-state index contributed by atoms with van der Waals surface area (Å²) in [6.45, 7) is 3.45. The summed E-state index contributed by atoms with van der Waals surface area (Å²) in [5.41, 5.74) is 0. The fourth-order valence-electron chi connectivity index (χ4n) is 1.15. The van der Waals surface area contributed by atoms with Gasteiger partial charge in [0, 0.05) is 13.7 Å². The highest BCUT2D eigenvalue weighted by atomic mass is 16.7. The van der Waals surface area contributed by atoms with Crippen molar-refractivity contribution in [1.29, 1.82) is 0 Å². The van der Waals surface area contributed by atoms with Gasteiger partial charge in [0.1, 0.15) is 0 Å². The van der Waals surface area contributed by atoms with Crippen LogP contribution >= 0.6 is 0 Å². The first-order valence-electron chi connectivity index (χ1n) is 4.59.